The average Bonchev–Trinajstić information content (AvgIpc) is 2.66. The van der Waals surface area contributed by atoms with Crippen molar-refractivity contribution in [1.82, 2.24) is 14.5 Å². The number of nitrogens with two attached hydrogens (primary N) is 1. The van der Waals surface area contributed by atoms with Gasteiger partial charge in [0.2, 0.25) is 5.91 Å². The molecule has 0 fully saturated rings. The van der Waals surface area contributed by atoms with Crippen LogP contribution in [0.5, 0.6) is 0 Å². The summed E-state index contributed by atoms with van der Waals surface area (Å²) in [6.07, 6.45) is 1.97. The van der Waals surface area contributed by atoms with E-state index < -0.39 is 0 Å². The number of aryl methyl sites for hydroxylation is 2. The van der Waals surface area contributed by atoms with E-state index in [2.05, 4.69) is 9.97 Å². The molecule has 1 unspecified atom stereocenters. The SMILES string of the molecule is Cc1ccnc2c1nc(C(C)Cl)n2CCC(N)=O. The smallest absolute Gasteiger partial charge is 0.219 e. The lowest BCUT2D eigenvalue weighted by Gasteiger charge is -2.08. The number of imidazole rings is 1. The number of hydrogen-bond acceptors (Lipinski definition) is 3. The van der Waals surface area contributed by atoms with Crippen LogP contribution >= 0.6 is 11.6 Å². The Morgan fingerprint density at radius 1 is 1.61 bits per heavy atom. The summed E-state index contributed by atoms with van der Waals surface area (Å²) >= 11 is 6.12. The van der Waals surface area contributed by atoms with Gasteiger partial charge in [-0.25, -0.2) is 9.97 Å². The first-order valence-corrected chi connectivity index (χ1v) is 6.18. The van der Waals surface area contributed by atoms with Crippen LogP contribution in [0.1, 0.15) is 30.1 Å². The number of alkyl halides is 1. The number of pyridine rings is 1. The zero-order valence-electron chi connectivity index (χ0n) is 10.4. The molecule has 2 rings (SSSR count). The molecule has 2 N–H and O–H groups in total. The molecule has 0 aliphatic rings. The van der Waals surface area contributed by atoms with Crippen LogP contribution < -0.4 is 5.73 Å². The zero-order chi connectivity index (χ0) is 13.3. The Hall–Kier alpha value is -1.62. The van der Waals surface area contributed by atoms with Crippen molar-refractivity contribution in [3.63, 3.8) is 0 Å². The third kappa shape index (κ3) is 2.31. The summed E-state index contributed by atoms with van der Waals surface area (Å²) in [5, 5.41) is -0.244. The van der Waals surface area contributed by atoms with Crippen LogP contribution in [-0.4, -0.2) is 20.4 Å². The van der Waals surface area contributed by atoms with Crippen LogP contribution in [0.15, 0.2) is 12.3 Å². The first-order valence-electron chi connectivity index (χ1n) is 5.75. The van der Waals surface area contributed by atoms with Gasteiger partial charge in [0, 0.05) is 19.2 Å². The van der Waals surface area contributed by atoms with Crippen molar-refractivity contribution in [3.8, 4) is 0 Å². The minimum Gasteiger partial charge on any atom is -0.370 e. The maximum absolute atomic E-state index is 10.9. The summed E-state index contributed by atoms with van der Waals surface area (Å²) in [5.41, 5.74) is 7.79. The number of halogens is 1. The monoisotopic (exact) mass is 266 g/mol. The quantitative estimate of drug-likeness (QED) is 0.859. The van der Waals surface area contributed by atoms with Gasteiger partial charge in [0.05, 0.1) is 5.38 Å². The Morgan fingerprint density at radius 2 is 2.33 bits per heavy atom. The highest BCUT2D eigenvalue weighted by Crippen LogP contribution is 2.25. The summed E-state index contributed by atoms with van der Waals surface area (Å²) in [4.78, 5) is 19.7. The second kappa shape index (κ2) is 4.94. The number of fused-ring (bicyclic) bond motifs is 1. The van der Waals surface area contributed by atoms with Crippen LogP contribution in [0.25, 0.3) is 11.2 Å². The lowest BCUT2D eigenvalue weighted by Crippen LogP contribution is -2.15. The lowest BCUT2D eigenvalue weighted by molar-refractivity contribution is -0.118. The number of aromatic nitrogens is 3. The summed E-state index contributed by atoms with van der Waals surface area (Å²) in [6.45, 7) is 4.27. The molecule has 0 spiro atoms. The molecule has 2 heterocycles. The second-order valence-corrected chi connectivity index (χ2v) is 4.91. The predicted molar refractivity (Wildman–Crippen MR) is 70.3 cm³/mol. The number of rotatable bonds is 4. The minimum absolute atomic E-state index is 0.244. The van der Waals surface area contributed by atoms with E-state index in [0.29, 0.717) is 6.54 Å². The Morgan fingerprint density at radius 3 is 2.94 bits per heavy atom. The molecule has 5 nitrogen and oxygen atoms in total. The summed E-state index contributed by atoms with van der Waals surface area (Å²) in [6, 6.07) is 1.90. The fourth-order valence-corrected chi connectivity index (χ4v) is 2.07. The summed E-state index contributed by atoms with van der Waals surface area (Å²) < 4.78 is 1.87. The molecule has 2 aromatic heterocycles. The van der Waals surface area contributed by atoms with Crippen LogP contribution in [0.4, 0.5) is 0 Å². The first-order chi connectivity index (χ1) is 8.50. The standard InChI is InChI=1S/C12H15ClN4O/c1-7-3-5-15-12-10(7)16-11(8(2)13)17(12)6-4-9(14)18/h3,5,8H,4,6H2,1-2H3,(H2,14,18). The molecule has 0 radical (unpaired) electrons. The lowest BCUT2D eigenvalue weighted by atomic mass is 10.3. The van der Waals surface area contributed by atoms with Crippen molar-refractivity contribution in [3.05, 3.63) is 23.7 Å². The van der Waals surface area contributed by atoms with Gasteiger partial charge in [0.1, 0.15) is 11.3 Å². The summed E-state index contributed by atoms with van der Waals surface area (Å²) in [5.74, 6) is 0.368. The average molecular weight is 267 g/mol. The van der Waals surface area contributed by atoms with Crippen LogP contribution in [0.2, 0.25) is 0 Å². The van der Waals surface area contributed by atoms with Gasteiger partial charge in [-0.15, -0.1) is 11.6 Å². The van der Waals surface area contributed by atoms with Crippen molar-refractivity contribution >= 4 is 28.7 Å². The Balaban J connectivity index is 2.55. The van der Waals surface area contributed by atoms with Gasteiger partial charge in [0.15, 0.2) is 5.65 Å². The number of amides is 1. The molecule has 0 bridgehead atoms. The first kappa shape index (κ1) is 12.8. The highest BCUT2D eigenvalue weighted by atomic mass is 35.5. The van der Waals surface area contributed by atoms with E-state index in [9.17, 15) is 4.79 Å². The van der Waals surface area contributed by atoms with Crippen LogP contribution in [0, 0.1) is 6.92 Å². The molecule has 0 aliphatic heterocycles. The molecule has 96 valence electrons. The Kier molecular flexibility index (Phi) is 3.52. The number of carbonyl (C=O) groups is 1. The number of hydrogen-bond donors (Lipinski definition) is 1. The van der Waals surface area contributed by atoms with E-state index in [-0.39, 0.29) is 17.7 Å². The molecular formula is C12H15ClN4O. The van der Waals surface area contributed by atoms with Gasteiger partial charge in [0.25, 0.3) is 0 Å². The highest BCUT2D eigenvalue weighted by molar-refractivity contribution is 6.20. The third-order valence-corrected chi connectivity index (χ3v) is 3.00. The topological polar surface area (TPSA) is 73.8 Å². The van der Waals surface area contributed by atoms with Gasteiger partial charge in [-0.05, 0) is 25.5 Å². The van der Waals surface area contributed by atoms with Gasteiger partial charge >= 0.3 is 0 Å². The molecule has 0 aliphatic carbocycles. The van der Waals surface area contributed by atoms with Crippen molar-refractivity contribution in [2.75, 3.05) is 0 Å². The normalized spacial score (nSPS) is 12.8. The van der Waals surface area contributed by atoms with Gasteiger partial charge < -0.3 is 10.3 Å². The third-order valence-electron chi connectivity index (χ3n) is 2.80. The van der Waals surface area contributed by atoms with Crippen molar-refractivity contribution in [2.45, 2.75) is 32.2 Å². The largest absolute Gasteiger partial charge is 0.370 e. The van der Waals surface area contributed by atoms with Crippen molar-refractivity contribution < 1.29 is 4.79 Å². The van der Waals surface area contributed by atoms with Crippen molar-refractivity contribution in [1.29, 1.82) is 0 Å². The fraction of sp³-hybridized carbons (Fsp3) is 0.417. The zero-order valence-corrected chi connectivity index (χ0v) is 11.1. The molecule has 0 saturated carbocycles. The maximum Gasteiger partial charge on any atom is 0.219 e. The van der Waals surface area contributed by atoms with Gasteiger partial charge in [-0.2, -0.15) is 0 Å². The van der Waals surface area contributed by atoms with Crippen LogP contribution in [0.3, 0.4) is 0 Å². The molecule has 1 atom stereocenters. The van der Waals surface area contributed by atoms with Crippen molar-refractivity contribution in [2.24, 2.45) is 5.73 Å². The number of nitrogens with zero attached hydrogens (tertiary/aromatic N) is 3. The molecular weight excluding hydrogens is 252 g/mol. The van der Waals surface area contributed by atoms with E-state index in [1.165, 1.54) is 0 Å². The maximum atomic E-state index is 10.9. The number of carbonyl (C=O) groups excluding carboxylic acids is 1. The van der Waals surface area contributed by atoms with E-state index >= 15 is 0 Å². The molecule has 18 heavy (non-hydrogen) atoms. The minimum atomic E-state index is -0.349. The number of primary amides is 1. The van der Waals surface area contributed by atoms with E-state index in [1.54, 1.807) is 6.20 Å². The van der Waals surface area contributed by atoms with E-state index in [4.69, 9.17) is 17.3 Å². The van der Waals surface area contributed by atoms with Gasteiger partial charge in [-0.3, -0.25) is 4.79 Å². The predicted octanol–water partition coefficient (Wildman–Crippen LogP) is 1.91. The Labute approximate surface area is 110 Å². The molecule has 0 aromatic carbocycles. The molecule has 2 aromatic rings. The molecule has 6 heteroatoms. The fourth-order valence-electron chi connectivity index (χ4n) is 1.90. The Bertz CT molecular complexity index is 591. The summed E-state index contributed by atoms with van der Waals surface area (Å²) in [7, 11) is 0. The van der Waals surface area contributed by atoms with E-state index in [0.717, 1.165) is 22.6 Å². The molecule has 0 saturated heterocycles. The van der Waals surface area contributed by atoms with Crippen LogP contribution in [-0.2, 0) is 11.3 Å². The van der Waals surface area contributed by atoms with Gasteiger partial charge in [-0.1, -0.05) is 0 Å². The highest BCUT2D eigenvalue weighted by Gasteiger charge is 2.17. The molecule has 1 amide bonds. The second-order valence-electron chi connectivity index (χ2n) is 4.25. The van der Waals surface area contributed by atoms with E-state index in [1.807, 2.05) is 24.5 Å².